The number of carbonyl (C=O) groups is 1. The molecule has 0 aliphatic rings. The van der Waals surface area contributed by atoms with Crippen LogP contribution in [0.25, 0.3) is 0 Å². The number of amides is 1. The zero-order chi connectivity index (χ0) is 16.8. The van der Waals surface area contributed by atoms with E-state index in [1.807, 2.05) is 66.7 Å². The Kier molecular flexibility index (Phi) is 4.69. The molecule has 2 N–H and O–H groups in total. The highest BCUT2D eigenvalue weighted by Gasteiger charge is 2.19. The monoisotopic (exact) mass is 312 g/mol. The van der Waals surface area contributed by atoms with Gasteiger partial charge in [0.2, 0.25) is 5.91 Å². The summed E-state index contributed by atoms with van der Waals surface area (Å²) in [6.45, 7) is 0. The molecular weight excluding hydrogens is 296 g/mol. The number of nitrogens with two attached hydrogens (primary N) is 1. The summed E-state index contributed by atoms with van der Waals surface area (Å²) in [5, 5.41) is 0. The minimum atomic E-state index is -0.452. The summed E-state index contributed by atoms with van der Waals surface area (Å²) in [6, 6.07) is 20.9. The van der Waals surface area contributed by atoms with Gasteiger partial charge in [0.15, 0.2) is 0 Å². The van der Waals surface area contributed by atoms with E-state index < -0.39 is 5.92 Å². The Bertz CT molecular complexity index is 876. The molecule has 0 spiro atoms. The Hall–Kier alpha value is -3.38. The maximum absolute atomic E-state index is 11.9. The van der Waals surface area contributed by atoms with Crippen LogP contribution in [-0.2, 0) is 4.79 Å². The van der Waals surface area contributed by atoms with Gasteiger partial charge in [-0.2, -0.15) is 0 Å². The molecule has 0 bridgehead atoms. The highest BCUT2D eigenvalue weighted by molar-refractivity contribution is 5.85. The van der Waals surface area contributed by atoms with E-state index in [2.05, 4.69) is 16.8 Å². The van der Waals surface area contributed by atoms with E-state index in [0.29, 0.717) is 0 Å². The average Bonchev–Trinajstić information content (AvgIpc) is 2.63. The first kappa shape index (κ1) is 15.5. The third-order valence-corrected chi connectivity index (χ3v) is 3.67. The van der Waals surface area contributed by atoms with E-state index in [9.17, 15) is 4.79 Å². The highest BCUT2D eigenvalue weighted by Crippen LogP contribution is 2.24. The van der Waals surface area contributed by atoms with Crippen LogP contribution in [0.1, 0.15) is 28.2 Å². The van der Waals surface area contributed by atoms with Crippen LogP contribution in [0.4, 0.5) is 0 Å². The third-order valence-electron chi connectivity index (χ3n) is 3.67. The molecule has 2 aromatic carbocycles. The molecule has 3 aromatic rings. The average molecular weight is 312 g/mol. The van der Waals surface area contributed by atoms with Crippen molar-refractivity contribution in [1.82, 2.24) is 4.98 Å². The topological polar surface area (TPSA) is 56.0 Å². The lowest BCUT2D eigenvalue weighted by Gasteiger charge is -2.14. The zero-order valence-corrected chi connectivity index (χ0v) is 13.0. The van der Waals surface area contributed by atoms with Gasteiger partial charge >= 0.3 is 0 Å². The van der Waals surface area contributed by atoms with Crippen molar-refractivity contribution in [3.8, 4) is 11.8 Å². The summed E-state index contributed by atoms with van der Waals surface area (Å²) in [4.78, 5) is 15.9. The van der Waals surface area contributed by atoms with Gasteiger partial charge in [-0.25, -0.2) is 0 Å². The number of carbonyl (C=O) groups excluding carboxylic acids is 1. The van der Waals surface area contributed by atoms with Crippen LogP contribution in [0.15, 0.2) is 79.1 Å². The van der Waals surface area contributed by atoms with Crippen LogP contribution in [0, 0.1) is 11.8 Å². The van der Waals surface area contributed by atoms with Crippen molar-refractivity contribution in [2.75, 3.05) is 0 Å². The van der Waals surface area contributed by atoms with Crippen LogP contribution >= 0.6 is 0 Å². The molecule has 24 heavy (non-hydrogen) atoms. The normalized spacial score (nSPS) is 11.2. The Morgan fingerprint density at radius 2 is 1.50 bits per heavy atom. The first-order chi connectivity index (χ1) is 11.7. The molecule has 116 valence electrons. The number of nitrogens with zero attached hydrogens (tertiary/aromatic N) is 1. The van der Waals surface area contributed by atoms with Crippen LogP contribution in [-0.4, -0.2) is 10.9 Å². The Morgan fingerprint density at radius 3 is 2.12 bits per heavy atom. The molecule has 3 nitrogen and oxygen atoms in total. The number of hydrogen-bond donors (Lipinski definition) is 1. The molecule has 0 aliphatic carbocycles. The fourth-order valence-corrected chi connectivity index (χ4v) is 2.51. The van der Waals surface area contributed by atoms with Crippen molar-refractivity contribution >= 4 is 5.91 Å². The second-order valence-electron chi connectivity index (χ2n) is 5.36. The number of primary amides is 1. The Morgan fingerprint density at radius 1 is 0.833 bits per heavy atom. The lowest BCUT2D eigenvalue weighted by molar-refractivity contribution is -0.118. The fraction of sp³-hybridized carbons (Fsp3) is 0.0476. The van der Waals surface area contributed by atoms with Crippen molar-refractivity contribution in [3.63, 3.8) is 0 Å². The van der Waals surface area contributed by atoms with Gasteiger partial charge in [0.1, 0.15) is 0 Å². The van der Waals surface area contributed by atoms with Crippen molar-refractivity contribution in [2.45, 2.75) is 5.92 Å². The zero-order valence-electron chi connectivity index (χ0n) is 13.0. The molecule has 0 aliphatic heterocycles. The quantitative estimate of drug-likeness (QED) is 0.756. The smallest absolute Gasteiger partial charge is 0.229 e. The van der Waals surface area contributed by atoms with Gasteiger partial charge < -0.3 is 5.73 Å². The molecule has 1 atom stereocenters. The van der Waals surface area contributed by atoms with E-state index in [-0.39, 0.29) is 5.91 Å². The third kappa shape index (κ3) is 3.68. The number of aromatic nitrogens is 1. The maximum Gasteiger partial charge on any atom is 0.229 e. The van der Waals surface area contributed by atoms with E-state index in [1.54, 1.807) is 12.4 Å². The number of pyridine rings is 1. The molecule has 1 unspecified atom stereocenters. The second-order valence-corrected chi connectivity index (χ2v) is 5.36. The number of rotatable bonds is 3. The largest absolute Gasteiger partial charge is 0.369 e. The highest BCUT2D eigenvalue weighted by atomic mass is 16.1. The standard InChI is InChI=1S/C21H16N2O/c22-21(24)20(18-6-2-1-3-7-18)19-12-10-16(11-13-19)8-9-17-5-4-14-23-15-17/h1-7,10-15,20H,(H2,22,24). The molecule has 0 fully saturated rings. The molecule has 1 amide bonds. The van der Waals surface area contributed by atoms with Gasteiger partial charge in [-0.3, -0.25) is 9.78 Å². The predicted octanol–water partition coefficient (Wildman–Crippen LogP) is 3.10. The molecule has 0 saturated carbocycles. The van der Waals surface area contributed by atoms with E-state index >= 15 is 0 Å². The fourth-order valence-electron chi connectivity index (χ4n) is 2.51. The first-order valence-corrected chi connectivity index (χ1v) is 7.60. The minimum Gasteiger partial charge on any atom is -0.369 e. The summed E-state index contributed by atoms with van der Waals surface area (Å²) in [5.74, 6) is 5.33. The van der Waals surface area contributed by atoms with Gasteiger partial charge in [0.05, 0.1) is 5.92 Å². The Balaban J connectivity index is 1.86. The molecule has 1 heterocycles. The summed E-state index contributed by atoms with van der Waals surface area (Å²) in [6.07, 6.45) is 3.44. The number of hydrogen-bond acceptors (Lipinski definition) is 2. The van der Waals surface area contributed by atoms with Gasteiger partial charge in [0, 0.05) is 23.5 Å². The van der Waals surface area contributed by atoms with Crippen LogP contribution in [0.2, 0.25) is 0 Å². The van der Waals surface area contributed by atoms with Crippen molar-refractivity contribution in [1.29, 1.82) is 0 Å². The maximum atomic E-state index is 11.9. The molecule has 3 rings (SSSR count). The molecule has 0 radical (unpaired) electrons. The summed E-state index contributed by atoms with van der Waals surface area (Å²) < 4.78 is 0. The van der Waals surface area contributed by atoms with E-state index in [4.69, 9.17) is 5.73 Å². The molecule has 0 saturated heterocycles. The first-order valence-electron chi connectivity index (χ1n) is 7.60. The molecular formula is C21H16N2O. The van der Waals surface area contributed by atoms with Crippen molar-refractivity contribution in [2.24, 2.45) is 5.73 Å². The van der Waals surface area contributed by atoms with E-state index in [0.717, 1.165) is 22.3 Å². The molecule has 1 aromatic heterocycles. The van der Waals surface area contributed by atoms with E-state index in [1.165, 1.54) is 0 Å². The summed E-state index contributed by atoms with van der Waals surface area (Å²) in [7, 11) is 0. The SMILES string of the molecule is NC(=O)C(c1ccccc1)c1ccc(C#Cc2cccnc2)cc1. The van der Waals surface area contributed by atoms with Gasteiger partial charge in [-0.05, 0) is 35.4 Å². The number of benzene rings is 2. The van der Waals surface area contributed by atoms with Gasteiger partial charge in [-0.1, -0.05) is 54.3 Å². The van der Waals surface area contributed by atoms with Crippen LogP contribution < -0.4 is 5.73 Å². The minimum absolute atomic E-state index is 0.365. The lowest BCUT2D eigenvalue weighted by Crippen LogP contribution is -2.22. The van der Waals surface area contributed by atoms with Crippen molar-refractivity contribution in [3.05, 3.63) is 101 Å². The molecule has 3 heteroatoms. The summed E-state index contributed by atoms with van der Waals surface area (Å²) >= 11 is 0. The van der Waals surface area contributed by atoms with Gasteiger partial charge in [-0.15, -0.1) is 0 Å². The second kappa shape index (κ2) is 7.26. The van der Waals surface area contributed by atoms with Gasteiger partial charge in [0.25, 0.3) is 0 Å². The van der Waals surface area contributed by atoms with Crippen LogP contribution in [0.3, 0.4) is 0 Å². The lowest BCUT2D eigenvalue weighted by atomic mass is 9.90. The predicted molar refractivity (Wildman–Crippen MR) is 94.1 cm³/mol. The Labute approximate surface area is 141 Å². The van der Waals surface area contributed by atoms with Crippen LogP contribution in [0.5, 0.6) is 0 Å². The summed E-state index contributed by atoms with van der Waals surface area (Å²) in [5.41, 5.74) is 9.09. The van der Waals surface area contributed by atoms with Crippen molar-refractivity contribution < 1.29 is 4.79 Å².